The highest BCUT2D eigenvalue weighted by Gasteiger charge is 2.15. The van der Waals surface area contributed by atoms with Crippen molar-refractivity contribution in [3.8, 4) is 0 Å². The van der Waals surface area contributed by atoms with E-state index >= 15 is 0 Å². The molecule has 0 aliphatic heterocycles. The smallest absolute Gasteiger partial charge is 0.108 e. The second-order valence-corrected chi connectivity index (χ2v) is 4.96. The summed E-state index contributed by atoms with van der Waals surface area (Å²) in [7, 11) is 4.03. The van der Waals surface area contributed by atoms with E-state index in [0.717, 1.165) is 24.2 Å². The molecule has 3 aromatic rings. The van der Waals surface area contributed by atoms with E-state index in [-0.39, 0.29) is 6.04 Å². The zero-order chi connectivity index (χ0) is 13.9. The first-order valence-corrected chi connectivity index (χ1v) is 6.85. The third-order valence-electron chi connectivity index (χ3n) is 3.76. The summed E-state index contributed by atoms with van der Waals surface area (Å²) in [5, 5.41) is 7.79. The van der Waals surface area contributed by atoms with E-state index in [1.165, 1.54) is 5.56 Å². The lowest BCUT2D eigenvalue weighted by Crippen LogP contribution is -2.17. The quantitative estimate of drug-likeness (QED) is 0.770. The molecule has 3 rings (SSSR count). The van der Waals surface area contributed by atoms with Gasteiger partial charge in [-0.25, -0.2) is 9.50 Å². The number of rotatable bonds is 5. The number of imidazole rings is 1. The largest absolute Gasteiger partial charge is 0.338 e. The van der Waals surface area contributed by atoms with Gasteiger partial charge < -0.3 is 9.88 Å². The fourth-order valence-corrected chi connectivity index (χ4v) is 2.59. The summed E-state index contributed by atoms with van der Waals surface area (Å²) in [6, 6.07) is 6.43. The molecule has 0 fully saturated rings. The van der Waals surface area contributed by atoms with Gasteiger partial charge in [0.1, 0.15) is 5.82 Å². The van der Waals surface area contributed by atoms with Crippen LogP contribution >= 0.6 is 0 Å². The average Bonchev–Trinajstić information content (AvgIpc) is 3.07. The molecule has 3 aromatic heterocycles. The van der Waals surface area contributed by atoms with Crippen molar-refractivity contribution >= 4 is 5.52 Å². The van der Waals surface area contributed by atoms with Crippen molar-refractivity contribution in [1.82, 2.24) is 24.5 Å². The number of nitrogens with one attached hydrogen (secondary N) is 1. The summed E-state index contributed by atoms with van der Waals surface area (Å²) >= 11 is 0. The second kappa shape index (κ2) is 5.46. The first kappa shape index (κ1) is 12.9. The minimum atomic E-state index is 0.284. The highest BCUT2D eigenvalue weighted by molar-refractivity contribution is 5.54. The monoisotopic (exact) mass is 269 g/mol. The molecule has 0 aromatic carbocycles. The molecule has 0 saturated heterocycles. The molecule has 0 bridgehead atoms. The molecule has 0 spiro atoms. The predicted molar refractivity (Wildman–Crippen MR) is 78.5 cm³/mol. The van der Waals surface area contributed by atoms with Gasteiger partial charge in [0, 0.05) is 43.7 Å². The fraction of sp³-hybridized carbons (Fsp3) is 0.333. The Morgan fingerprint density at radius 3 is 2.95 bits per heavy atom. The summed E-state index contributed by atoms with van der Waals surface area (Å²) < 4.78 is 3.99. The number of hydrogen-bond acceptors (Lipinski definition) is 3. The minimum Gasteiger partial charge on any atom is -0.338 e. The lowest BCUT2D eigenvalue weighted by Gasteiger charge is -2.15. The van der Waals surface area contributed by atoms with Crippen molar-refractivity contribution < 1.29 is 0 Å². The van der Waals surface area contributed by atoms with Crippen LogP contribution in [-0.2, 0) is 13.5 Å². The first-order chi connectivity index (χ1) is 9.79. The molecular formula is C15H19N5. The molecule has 3 heterocycles. The molecule has 0 aliphatic carbocycles. The molecule has 1 unspecified atom stereocenters. The lowest BCUT2D eigenvalue weighted by molar-refractivity contribution is 0.539. The van der Waals surface area contributed by atoms with Crippen molar-refractivity contribution in [3.05, 3.63) is 54.4 Å². The Morgan fingerprint density at radius 2 is 2.20 bits per heavy atom. The SMILES string of the molecule is CNC(CCc1nccn1C)c1cnn2ccccc12. The number of fused-ring (bicyclic) bond motifs is 1. The summed E-state index contributed by atoms with van der Waals surface area (Å²) in [5.74, 6) is 1.11. The Hall–Kier alpha value is -2.14. The standard InChI is InChI=1S/C15H19N5/c1-16-13(6-7-15-17-8-10-19(15)2)12-11-18-20-9-4-3-5-14(12)20/h3-5,8-11,13,16H,6-7H2,1-2H3. The third-order valence-corrected chi connectivity index (χ3v) is 3.76. The summed E-state index contributed by atoms with van der Waals surface area (Å²) in [4.78, 5) is 4.38. The van der Waals surface area contributed by atoms with Gasteiger partial charge in [-0.15, -0.1) is 0 Å². The summed E-state index contributed by atoms with van der Waals surface area (Å²) in [6.45, 7) is 0. The van der Waals surface area contributed by atoms with Gasteiger partial charge in [0.05, 0.1) is 11.7 Å². The average molecular weight is 269 g/mol. The van der Waals surface area contributed by atoms with Crippen molar-refractivity contribution in [2.24, 2.45) is 7.05 Å². The van der Waals surface area contributed by atoms with Crippen LogP contribution in [0.5, 0.6) is 0 Å². The van der Waals surface area contributed by atoms with Gasteiger partial charge in [0.25, 0.3) is 0 Å². The Balaban J connectivity index is 1.81. The van der Waals surface area contributed by atoms with Crippen LogP contribution in [-0.4, -0.2) is 26.2 Å². The maximum Gasteiger partial charge on any atom is 0.108 e. The van der Waals surface area contributed by atoms with Crippen molar-refractivity contribution in [3.63, 3.8) is 0 Å². The molecular weight excluding hydrogens is 250 g/mol. The lowest BCUT2D eigenvalue weighted by atomic mass is 10.0. The van der Waals surface area contributed by atoms with Crippen molar-refractivity contribution in [1.29, 1.82) is 0 Å². The molecule has 0 radical (unpaired) electrons. The summed E-state index contributed by atoms with van der Waals surface area (Å²) in [6.07, 6.45) is 9.70. The molecule has 1 N–H and O–H groups in total. The number of pyridine rings is 1. The highest BCUT2D eigenvalue weighted by atomic mass is 15.2. The van der Waals surface area contributed by atoms with Crippen molar-refractivity contribution in [2.45, 2.75) is 18.9 Å². The van der Waals surface area contributed by atoms with Gasteiger partial charge >= 0.3 is 0 Å². The van der Waals surface area contributed by atoms with Crippen LogP contribution < -0.4 is 5.32 Å². The van der Waals surface area contributed by atoms with E-state index in [1.54, 1.807) is 0 Å². The van der Waals surface area contributed by atoms with Crippen LogP contribution in [0.15, 0.2) is 43.0 Å². The number of aromatic nitrogens is 4. The van der Waals surface area contributed by atoms with E-state index in [0.29, 0.717) is 0 Å². The van der Waals surface area contributed by atoms with Gasteiger partial charge in [-0.3, -0.25) is 0 Å². The van der Waals surface area contributed by atoms with Gasteiger partial charge in [0.15, 0.2) is 0 Å². The summed E-state index contributed by atoms with van der Waals surface area (Å²) in [5.41, 5.74) is 2.40. The van der Waals surface area contributed by atoms with Crippen LogP contribution in [0.25, 0.3) is 5.52 Å². The molecule has 20 heavy (non-hydrogen) atoms. The molecule has 0 aliphatic rings. The fourth-order valence-electron chi connectivity index (χ4n) is 2.59. The Kier molecular flexibility index (Phi) is 3.52. The normalized spacial score (nSPS) is 12.9. The van der Waals surface area contributed by atoms with Crippen LogP contribution in [0.4, 0.5) is 0 Å². The topological polar surface area (TPSA) is 47.2 Å². The minimum absolute atomic E-state index is 0.284. The van der Waals surface area contributed by atoms with Gasteiger partial charge in [-0.2, -0.15) is 5.10 Å². The maximum atomic E-state index is 4.41. The Morgan fingerprint density at radius 1 is 1.30 bits per heavy atom. The van der Waals surface area contributed by atoms with Crippen LogP contribution in [0.3, 0.4) is 0 Å². The van der Waals surface area contributed by atoms with Gasteiger partial charge in [-0.05, 0) is 25.6 Å². The van der Waals surface area contributed by atoms with E-state index in [2.05, 4.69) is 26.0 Å². The first-order valence-electron chi connectivity index (χ1n) is 6.85. The van der Waals surface area contributed by atoms with Crippen molar-refractivity contribution in [2.75, 3.05) is 7.05 Å². The Bertz CT molecular complexity index is 697. The molecule has 5 nitrogen and oxygen atoms in total. The zero-order valence-electron chi connectivity index (χ0n) is 11.8. The maximum absolute atomic E-state index is 4.41. The van der Waals surface area contributed by atoms with E-state index in [1.807, 2.05) is 55.5 Å². The molecule has 0 amide bonds. The van der Waals surface area contributed by atoms with E-state index in [9.17, 15) is 0 Å². The highest BCUT2D eigenvalue weighted by Crippen LogP contribution is 2.22. The molecule has 1 atom stereocenters. The van der Waals surface area contributed by atoms with Crippen LogP contribution in [0, 0.1) is 0 Å². The zero-order valence-corrected chi connectivity index (χ0v) is 11.8. The van der Waals surface area contributed by atoms with Crippen LogP contribution in [0.1, 0.15) is 23.9 Å². The third kappa shape index (κ3) is 2.32. The van der Waals surface area contributed by atoms with Crippen LogP contribution in [0.2, 0.25) is 0 Å². The Labute approximate surface area is 118 Å². The molecule has 104 valence electrons. The number of nitrogens with zero attached hydrogens (tertiary/aromatic N) is 4. The molecule has 5 heteroatoms. The number of aryl methyl sites for hydroxylation is 2. The predicted octanol–water partition coefficient (Wildman–Crippen LogP) is 1.96. The van der Waals surface area contributed by atoms with Gasteiger partial charge in [-0.1, -0.05) is 6.07 Å². The van der Waals surface area contributed by atoms with E-state index < -0.39 is 0 Å². The second-order valence-electron chi connectivity index (χ2n) is 4.96. The molecule has 0 saturated carbocycles. The van der Waals surface area contributed by atoms with E-state index in [4.69, 9.17) is 0 Å². The number of hydrogen-bond donors (Lipinski definition) is 1. The van der Waals surface area contributed by atoms with Gasteiger partial charge in [0.2, 0.25) is 0 Å².